The number of nitrogens with one attached hydrogen (secondary N) is 4. The first kappa shape index (κ1) is 66.1. The number of amides is 9. The monoisotopic (exact) mass is 1300 g/mol. The molecule has 0 radical (unpaired) electrons. The fraction of sp³-hybridized carbons (Fsp3) is 0.354. The fourth-order valence-electron chi connectivity index (χ4n) is 11.1. The van der Waals surface area contributed by atoms with Crippen LogP contribution in [0, 0.1) is 25.7 Å². The Morgan fingerprint density at radius 3 is 2.16 bits per heavy atom. The van der Waals surface area contributed by atoms with Crippen molar-refractivity contribution in [3.63, 3.8) is 0 Å². The number of carbonyl (C=O) groups excluding carboxylic acids is 9. The van der Waals surface area contributed by atoms with Gasteiger partial charge in [-0.15, -0.1) is 11.3 Å². The van der Waals surface area contributed by atoms with Crippen molar-refractivity contribution in [2.24, 2.45) is 23.3 Å². The molecule has 8 N–H and O–H groups in total. The molecule has 10 rings (SSSR count). The number of rotatable bonds is 27. The van der Waals surface area contributed by atoms with Gasteiger partial charge in [0.05, 0.1) is 41.1 Å². The molecule has 29 heteroatoms. The summed E-state index contributed by atoms with van der Waals surface area (Å²) in [6.45, 7) is 14.4. The van der Waals surface area contributed by atoms with Gasteiger partial charge in [0.2, 0.25) is 35.5 Å². The molecule has 2 atom stereocenters. The van der Waals surface area contributed by atoms with Gasteiger partial charge >= 0.3 is 6.09 Å². The molecule has 0 aliphatic carbocycles. The average Bonchev–Trinajstić information content (AvgIpc) is 1.59. The number of carbonyl (C=O) groups is 9. The van der Waals surface area contributed by atoms with E-state index in [1.807, 2.05) is 55.2 Å². The van der Waals surface area contributed by atoms with Crippen LogP contribution in [0.25, 0.3) is 44.5 Å². The molecule has 3 aromatic carbocycles. The van der Waals surface area contributed by atoms with Crippen molar-refractivity contribution in [1.29, 1.82) is 0 Å². The number of hydrogen-bond donors (Lipinski definition) is 6. The first-order valence-electron chi connectivity index (χ1n) is 30.6. The van der Waals surface area contributed by atoms with Crippen LogP contribution in [0.2, 0.25) is 0 Å². The number of primary amides is 2. The number of imide groups is 1. The van der Waals surface area contributed by atoms with Crippen molar-refractivity contribution < 1.29 is 57.4 Å². The number of aryl methyl sites for hydroxylation is 4. The van der Waals surface area contributed by atoms with Crippen molar-refractivity contribution in [3.8, 4) is 23.0 Å². The van der Waals surface area contributed by atoms with Crippen LogP contribution in [0.4, 0.5) is 16.4 Å². The number of allylic oxidation sites excluding steroid dienone is 2. The smallest absolute Gasteiger partial charge is 0.410 e. The van der Waals surface area contributed by atoms with Crippen LogP contribution in [0.1, 0.15) is 99.8 Å². The third-order valence-electron chi connectivity index (χ3n) is 16.1. The van der Waals surface area contributed by atoms with E-state index >= 15 is 0 Å². The summed E-state index contributed by atoms with van der Waals surface area (Å²) >= 11 is 1.28. The first-order valence-corrected chi connectivity index (χ1v) is 31.4. The van der Waals surface area contributed by atoms with Gasteiger partial charge in [0.25, 0.3) is 17.7 Å². The summed E-state index contributed by atoms with van der Waals surface area (Å²) in [5, 5.41) is 17.6. The SMILES string of the molecule is CCc1nc(C)sc1C(=O)Nc1nc2cc(C(N)=O)cc(OC)c2n1C/C=C/Cn1c2nc(-c3cc(C)nn3CC)ncc2c2cc(C(N)=O)cc(OCCC3CN(C(=O)OCc4ccc(NC(=O)[C@H](C)NC(=O)[C@@H](NC(=O)CCN5C(=O)C=CC5=O)C(C)C)cc4)C3)c21. The highest BCUT2D eigenvalue weighted by molar-refractivity contribution is 7.13. The summed E-state index contributed by atoms with van der Waals surface area (Å²) in [5.74, 6) is -3.44. The van der Waals surface area contributed by atoms with E-state index < -0.39 is 65.4 Å². The van der Waals surface area contributed by atoms with Crippen LogP contribution >= 0.6 is 11.3 Å². The summed E-state index contributed by atoms with van der Waals surface area (Å²) in [4.78, 5) is 138. The van der Waals surface area contributed by atoms with Gasteiger partial charge in [0.1, 0.15) is 51.9 Å². The number of aromatic nitrogens is 8. The Labute approximate surface area is 543 Å². The third-order valence-corrected chi connectivity index (χ3v) is 17.1. The van der Waals surface area contributed by atoms with Crippen LogP contribution in [-0.4, -0.2) is 147 Å². The maximum Gasteiger partial charge on any atom is 0.410 e. The highest BCUT2D eigenvalue weighted by atomic mass is 32.1. The van der Waals surface area contributed by atoms with Gasteiger partial charge in [0.15, 0.2) is 5.82 Å². The molecule has 0 saturated carbocycles. The molecular formula is C65H72N16O12S. The minimum atomic E-state index is -0.997. The number of ether oxygens (including phenoxy) is 3. The van der Waals surface area contributed by atoms with Gasteiger partial charge in [-0.25, -0.2) is 24.7 Å². The lowest BCUT2D eigenvalue weighted by molar-refractivity contribution is -0.137. The third kappa shape index (κ3) is 14.4. The van der Waals surface area contributed by atoms with E-state index in [4.69, 9.17) is 40.6 Å². The van der Waals surface area contributed by atoms with E-state index in [1.165, 1.54) is 31.4 Å². The Kier molecular flexibility index (Phi) is 19.9. The molecule has 0 spiro atoms. The normalized spacial score (nSPS) is 13.9. The van der Waals surface area contributed by atoms with Gasteiger partial charge in [-0.2, -0.15) is 5.10 Å². The second-order valence-corrected chi connectivity index (χ2v) is 24.3. The zero-order chi connectivity index (χ0) is 67.2. The predicted molar refractivity (Wildman–Crippen MR) is 349 cm³/mol. The molecule has 9 amide bonds. The topological polar surface area (TPSA) is 367 Å². The molecule has 94 heavy (non-hydrogen) atoms. The molecule has 7 heterocycles. The molecule has 5 aromatic heterocycles. The quantitative estimate of drug-likeness (QED) is 0.0250. The number of likely N-dealkylation sites (tertiary alicyclic amines) is 1. The van der Waals surface area contributed by atoms with Crippen molar-refractivity contribution in [2.45, 2.75) is 106 Å². The molecular weight excluding hydrogens is 1230 g/mol. The highest BCUT2D eigenvalue weighted by Crippen LogP contribution is 2.38. The van der Waals surface area contributed by atoms with Gasteiger partial charge in [0, 0.05) is 91.6 Å². The number of anilines is 2. The van der Waals surface area contributed by atoms with E-state index in [2.05, 4.69) is 31.3 Å². The maximum absolute atomic E-state index is 13.9. The molecule has 0 bridgehead atoms. The molecule has 2 aliphatic heterocycles. The summed E-state index contributed by atoms with van der Waals surface area (Å²) in [5.41, 5.74) is 17.3. The minimum absolute atomic E-state index is 0.0436. The fourth-order valence-corrected chi connectivity index (χ4v) is 12.0. The van der Waals surface area contributed by atoms with Gasteiger partial charge < -0.3 is 55.7 Å². The summed E-state index contributed by atoms with van der Waals surface area (Å²) in [7, 11) is 1.47. The molecule has 0 unspecified atom stereocenters. The first-order chi connectivity index (χ1) is 45.0. The largest absolute Gasteiger partial charge is 0.494 e. The summed E-state index contributed by atoms with van der Waals surface area (Å²) in [6.07, 6.45) is 8.14. The second-order valence-electron chi connectivity index (χ2n) is 23.1. The van der Waals surface area contributed by atoms with Crippen molar-refractivity contribution in [2.75, 3.05) is 44.0 Å². The summed E-state index contributed by atoms with van der Waals surface area (Å²) < 4.78 is 23.6. The Balaban J connectivity index is 0.793. The Hall–Kier alpha value is -10.8. The van der Waals surface area contributed by atoms with Crippen molar-refractivity contribution >= 4 is 109 Å². The number of imidazole rings is 1. The van der Waals surface area contributed by atoms with Crippen molar-refractivity contribution in [1.82, 2.24) is 59.3 Å². The van der Waals surface area contributed by atoms with Crippen LogP contribution < -0.4 is 42.2 Å². The Morgan fingerprint density at radius 1 is 0.798 bits per heavy atom. The van der Waals surface area contributed by atoms with Crippen LogP contribution in [0.3, 0.4) is 0 Å². The average molecular weight is 1300 g/mol. The Morgan fingerprint density at radius 2 is 1.49 bits per heavy atom. The number of hydrogen-bond acceptors (Lipinski definition) is 18. The number of nitrogens with two attached hydrogens (primary N) is 2. The zero-order valence-corrected chi connectivity index (χ0v) is 53.9. The zero-order valence-electron chi connectivity index (χ0n) is 53.1. The summed E-state index contributed by atoms with van der Waals surface area (Å²) in [6, 6.07) is 12.9. The van der Waals surface area contributed by atoms with E-state index in [0.717, 1.165) is 27.8 Å². The lowest BCUT2D eigenvalue weighted by Crippen LogP contribution is -2.54. The lowest BCUT2D eigenvalue weighted by Gasteiger charge is -2.38. The number of fused-ring (bicyclic) bond motifs is 4. The lowest BCUT2D eigenvalue weighted by atomic mass is 9.97. The molecule has 1 saturated heterocycles. The van der Waals surface area contributed by atoms with Crippen molar-refractivity contribution in [3.05, 3.63) is 123 Å². The van der Waals surface area contributed by atoms with Gasteiger partial charge in [-0.3, -0.25) is 53.3 Å². The van der Waals surface area contributed by atoms with Gasteiger partial charge in [-0.1, -0.05) is 45.1 Å². The van der Waals surface area contributed by atoms with E-state index in [1.54, 1.807) is 72.0 Å². The van der Waals surface area contributed by atoms with Gasteiger partial charge in [-0.05, 0) is 100 Å². The molecule has 28 nitrogen and oxygen atoms in total. The maximum atomic E-state index is 13.9. The molecule has 490 valence electrons. The molecule has 8 aromatic rings. The standard InChI is InChI=1S/C65H72N16O12S/c1-9-45-56(94-37(7)70-45)63(89)75-64-72-46-27-41(58(67)86)28-48(91-8)55(46)80(64)22-12-11-21-79-54-43(44-30-68-59(74-60(44)79)47-25-35(5)76-81(47)10-2)26-40(57(66)85)29-49(54)92-24-20-39-31-77(32-39)65(90)93-33-38-13-15-42(16-14-38)71-61(87)36(6)69-62(88)53(34(3)4)73-50(82)19-23-78-51(83)17-18-52(78)84/h11-18,25-30,34,36,39,53H,9-10,19-24,31-33H2,1-8H3,(H2,66,85)(H2,67,86)(H,69,88)(H,71,87)(H,73,82)(H,72,75,89)/b12-11+/t36-,53-/m0/s1. The molecule has 2 aliphatic rings. The van der Waals surface area contributed by atoms with E-state index in [9.17, 15) is 43.2 Å². The highest BCUT2D eigenvalue weighted by Gasteiger charge is 2.33. The number of thiazole rings is 1. The number of methoxy groups -OCH3 is 1. The Bertz CT molecular complexity index is 4370. The van der Waals surface area contributed by atoms with Crippen LogP contribution in [0.5, 0.6) is 11.5 Å². The molecule has 1 fully saturated rings. The van der Waals surface area contributed by atoms with Crippen LogP contribution in [-0.2, 0) is 61.4 Å². The minimum Gasteiger partial charge on any atom is -0.494 e. The van der Waals surface area contributed by atoms with Crippen LogP contribution in [0.15, 0.2) is 85.1 Å². The predicted octanol–water partition coefficient (Wildman–Crippen LogP) is 6.11. The van der Waals surface area contributed by atoms with E-state index in [-0.39, 0.29) is 68.2 Å². The van der Waals surface area contributed by atoms with E-state index in [0.29, 0.717) is 110 Å². The second kappa shape index (κ2) is 28.4. The number of nitrogens with zero attached hydrogens (tertiary/aromatic N) is 10. The number of benzene rings is 3.